The molecular formula is C13H16BrFO2. The van der Waals surface area contributed by atoms with Crippen molar-refractivity contribution in [2.75, 3.05) is 6.61 Å². The molecule has 0 bridgehead atoms. The third kappa shape index (κ3) is 3.89. The normalized spacial score (nSPS) is 11.6. The maximum Gasteiger partial charge on any atom is 0.168 e. The summed E-state index contributed by atoms with van der Waals surface area (Å²) in [6.07, 6.45) is 0.230. The van der Waals surface area contributed by atoms with Gasteiger partial charge in [-0.1, -0.05) is 22.0 Å². The zero-order valence-electron chi connectivity index (χ0n) is 10.2. The molecule has 0 radical (unpaired) electrons. The summed E-state index contributed by atoms with van der Waals surface area (Å²) in [6, 6.07) is 4.32. The Balaban J connectivity index is 2.81. The predicted molar refractivity (Wildman–Crippen MR) is 68.5 cm³/mol. The van der Waals surface area contributed by atoms with Gasteiger partial charge in [0.25, 0.3) is 0 Å². The average Bonchev–Trinajstić information content (AvgIpc) is 2.22. The summed E-state index contributed by atoms with van der Waals surface area (Å²) >= 11 is 3.25. The molecule has 0 amide bonds. The second kappa shape index (κ2) is 5.74. The Morgan fingerprint density at radius 2 is 2.12 bits per heavy atom. The fourth-order valence-electron chi connectivity index (χ4n) is 1.49. The van der Waals surface area contributed by atoms with Crippen LogP contribution < -0.4 is 0 Å². The van der Waals surface area contributed by atoms with E-state index in [-0.39, 0.29) is 18.0 Å². The molecule has 1 rings (SSSR count). The van der Waals surface area contributed by atoms with Gasteiger partial charge in [0.15, 0.2) is 5.78 Å². The lowest BCUT2D eigenvalue weighted by Gasteiger charge is -2.23. The number of hydrogen-bond donors (Lipinski definition) is 0. The average molecular weight is 303 g/mol. The van der Waals surface area contributed by atoms with E-state index in [0.717, 1.165) is 5.56 Å². The van der Waals surface area contributed by atoms with Crippen molar-refractivity contribution in [3.05, 3.63) is 34.1 Å². The number of ether oxygens (including phenoxy) is 1. The number of halogens is 2. The van der Waals surface area contributed by atoms with Gasteiger partial charge >= 0.3 is 0 Å². The van der Waals surface area contributed by atoms with Gasteiger partial charge < -0.3 is 4.74 Å². The van der Waals surface area contributed by atoms with Gasteiger partial charge in [-0.3, -0.25) is 4.79 Å². The van der Waals surface area contributed by atoms with Gasteiger partial charge in [-0.05, 0) is 38.5 Å². The lowest BCUT2D eigenvalue weighted by molar-refractivity contribution is -0.139. The summed E-state index contributed by atoms with van der Waals surface area (Å²) in [4.78, 5) is 12.0. The molecule has 4 heteroatoms. The first-order chi connectivity index (χ1) is 7.86. The van der Waals surface area contributed by atoms with E-state index in [2.05, 4.69) is 15.9 Å². The Hall–Kier alpha value is -0.740. The van der Waals surface area contributed by atoms with Gasteiger partial charge in [-0.25, -0.2) is 4.39 Å². The van der Waals surface area contributed by atoms with Gasteiger partial charge in [-0.15, -0.1) is 0 Å². The van der Waals surface area contributed by atoms with Crippen LogP contribution in [0.15, 0.2) is 22.7 Å². The number of hydrogen-bond acceptors (Lipinski definition) is 2. The Morgan fingerprint density at radius 1 is 1.47 bits per heavy atom. The molecule has 0 aliphatic carbocycles. The first-order valence-corrected chi connectivity index (χ1v) is 6.27. The standard InChI is InChI=1S/C13H16BrFO2/c1-4-17-13(2,3)12(16)7-9-5-6-10(15)8-11(9)14/h5-6,8H,4,7H2,1-3H3. The van der Waals surface area contributed by atoms with E-state index in [9.17, 15) is 9.18 Å². The highest BCUT2D eigenvalue weighted by Crippen LogP contribution is 2.21. The van der Waals surface area contributed by atoms with E-state index in [0.29, 0.717) is 11.1 Å². The summed E-state index contributed by atoms with van der Waals surface area (Å²) in [5.41, 5.74) is -0.0352. The topological polar surface area (TPSA) is 26.3 Å². The number of carbonyl (C=O) groups is 1. The monoisotopic (exact) mass is 302 g/mol. The number of Topliss-reactive ketones (excluding diaryl/α,β-unsaturated/α-hetero) is 1. The minimum atomic E-state index is -0.803. The highest BCUT2D eigenvalue weighted by atomic mass is 79.9. The second-order valence-corrected chi connectivity index (χ2v) is 5.13. The maximum atomic E-state index is 12.9. The molecule has 94 valence electrons. The highest BCUT2D eigenvalue weighted by molar-refractivity contribution is 9.10. The Morgan fingerprint density at radius 3 is 2.65 bits per heavy atom. The van der Waals surface area contributed by atoms with Crippen LogP contribution in [0.1, 0.15) is 26.3 Å². The fraction of sp³-hybridized carbons (Fsp3) is 0.462. The van der Waals surface area contributed by atoms with E-state index >= 15 is 0 Å². The molecule has 0 heterocycles. The van der Waals surface area contributed by atoms with Crippen LogP contribution in [0.4, 0.5) is 4.39 Å². The van der Waals surface area contributed by atoms with Gasteiger partial charge in [0.05, 0.1) is 0 Å². The zero-order valence-corrected chi connectivity index (χ0v) is 11.8. The molecule has 0 unspecified atom stereocenters. The summed E-state index contributed by atoms with van der Waals surface area (Å²) in [5.74, 6) is -0.344. The van der Waals surface area contributed by atoms with Gasteiger partial charge in [0.2, 0.25) is 0 Å². The Kier molecular flexibility index (Phi) is 4.83. The van der Waals surface area contributed by atoms with Gasteiger partial charge in [0, 0.05) is 17.5 Å². The summed E-state index contributed by atoms with van der Waals surface area (Å²) in [7, 11) is 0. The molecule has 0 aromatic heterocycles. The number of rotatable bonds is 5. The summed E-state index contributed by atoms with van der Waals surface area (Å²) < 4.78 is 18.9. The molecule has 0 N–H and O–H groups in total. The van der Waals surface area contributed by atoms with E-state index < -0.39 is 5.60 Å². The van der Waals surface area contributed by atoms with Crippen molar-refractivity contribution in [3.8, 4) is 0 Å². The zero-order chi connectivity index (χ0) is 13.1. The van der Waals surface area contributed by atoms with Crippen LogP contribution in [-0.2, 0) is 16.0 Å². The van der Waals surface area contributed by atoms with Crippen molar-refractivity contribution in [2.24, 2.45) is 0 Å². The number of benzene rings is 1. The highest BCUT2D eigenvalue weighted by Gasteiger charge is 2.27. The van der Waals surface area contributed by atoms with Crippen LogP contribution in [0.5, 0.6) is 0 Å². The van der Waals surface area contributed by atoms with Crippen molar-refractivity contribution in [1.29, 1.82) is 0 Å². The number of ketones is 1. The molecule has 0 atom stereocenters. The van der Waals surface area contributed by atoms with Crippen LogP contribution in [0.3, 0.4) is 0 Å². The third-order valence-electron chi connectivity index (χ3n) is 2.54. The molecule has 0 spiro atoms. The van der Waals surface area contributed by atoms with Crippen LogP contribution in [-0.4, -0.2) is 18.0 Å². The molecule has 2 nitrogen and oxygen atoms in total. The van der Waals surface area contributed by atoms with Gasteiger partial charge in [-0.2, -0.15) is 0 Å². The molecule has 0 aliphatic rings. The van der Waals surface area contributed by atoms with E-state index in [1.165, 1.54) is 12.1 Å². The lowest BCUT2D eigenvalue weighted by atomic mass is 9.97. The SMILES string of the molecule is CCOC(C)(C)C(=O)Cc1ccc(F)cc1Br. The van der Waals surface area contributed by atoms with Crippen LogP contribution in [0.2, 0.25) is 0 Å². The Labute approximate surface area is 109 Å². The molecule has 17 heavy (non-hydrogen) atoms. The molecule has 1 aromatic rings. The largest absolute Gasteiger partial charge is 0.368 e. The lowest BCUT2D eigenvalue weighted by Crippen LogP contribution is -2.36. The van der Waals surface area contributed by atoms with Crippen LogP contribution >= 0.6 is 15.9 Å². The van der Waals surface area contributed by atoms with Crippen molar-refractivity contribution >= 4 is 21.7 Å². The summed E-state index contributed by atoms with van der Waals surface area (Å²) in [5, 5.41) is 0. The van der Waals surface area contributed by atoms with Gasteiger partial charge in [0.1, 0.15) is 11.4 Å². The molecule has 0 saturated heterocycles. The van der Waals surface area contributed by atoms with Crippen LogP contribution in [0.25, 0.3) is 0 Å². The third-order valence-corrected chi connectivity index (χ3v) is 3.28. The van der Waals surface area contributed by atoms with Crippen molar-refractivity contribution in [1.82, 2.24) is 0 Å². The van der Waals surface area contributed by atoms with Crippen molar-refractivity contribution in [2.45, 2.75) is 32.8 Å². The fourth-order valence-corrected chi connectivity index (χ4v) is 1.98. The molecule has 0 saturated carbocycles. The minimum Gasteiger partial charge on any atom is -0.368 e. The Bertz CT molecular complexity index is 416. The van der Waals surface area contributed by atoms with E-state index in [4.69, 9.17) is 4.74 Å². The van der Waals surface area contributed by atoms with Crippen molar-refractivity contribution < 1.29 is 13.9 Å². The first kappa shape index (κ1) is 14.3. The van der Waals surface area contributed by atoms with E-state index in [1.807, 2.05) is 6.92 Å². The quantitative estimate of drug-likeness (QED) is 0.832. The van der Waals surface area contributed by atoms with Crippen molar-refractivity contribution in [3.63, 3.8) is 0 Å². The molecular weight excluding hydrogens is 287 g/mol. The first-order valence-electron chi connectivity index (χ1n) is 5.48. The molecule has 0 aliphatic heterocycles. The summed E-state index contributed by atoms with van der Waals surface area (Å²) in [6.45, 7) is 5.83. The predicted octanol–water partition coefficient (Wildman–Crippen LogP) is 3.51. The minimum absolute atomic E-state index is 0.0216. The number of carbonyl (C=O) groups excluding carboxylic acids is 1. The maximum absolute atomic E-state index is 12.9. The smallest absolute Gasteiger partial charge is 0.168 e. The van der Waals surface area contributed by atoms with E-state index in [1.54, 1.807) is 19.9 Å². The molecule has 0 fully saturated rings. The van der Waals surface area contributed by atoms with Crippen LogP contribution in [0, 0.1) is 5.82 Å². The molecule has 1 aromatic carbocycles. The second-order valence-electron chi connectivity index (χ2n) is 4.28.